The molecular weight excluding hydrogens is 378 g/mol. The van der Waals surface area contributed by atoms with Crippen molar-refractivity contribution in [1.29, 1.82) is 0 Å². The van der Waals surface area contributed by atoms with E-state index in [-0.39, 0.29) is 17.0 Å². The van der Waals surface area contributed by atoms with Crippen molar-refractivity contribution in [3.63, 3.8) is 0 Å². The molecule has 0 N–H and O–H groups in total. The van der Waals surface area contributed by atoms with E-state index in [4.69, 9.17) is 4.74 Å². The SMILES string of the molecule is COc1ccc(-c2cc(C)nc(Sc3ccc([N+](=O)[O-])cc3C(C)=O)n2)cc1. The van der Waals surface area contributed by atoms with Crippen molar-refractivity contribution in [3.05, 3.63) is 69.9 Å². The molecule has 0 saturated heterocycles. The van der Waals surface area contributed by atoms with E-state index in [1.165, 1.54) is 30.8 Å². The van der Waals surface area contributed by atoms with Crippen molar-refractivity contribution in [2.75, 3.05) is 7.11 Å². The number of aromatic nitrogens is 2. The van der Waals surface area contributed by atoms with E-state index in [0.29, 0.717) is 10.1 Å². The number of ketones is 1. The maximum Gasteiger partial charge on any atom is 0.270 e. The summed E-state index contributed by atoms with van der Waals surface area (Å²) in [7, 11) is 1.61. The van der Waals surface area contributed by atoms with Gasteiger partial charge in [0.2, 0.25) is 0 Å². The Bertz CT molecular complexity index is 1050. The summed E-state index contributed by atoms with van der Waals surface area (Å²) in [5.41, 5.74) is 2.57. The van der Waals surface area contributed by atoms with Gasteiger partial charge in [0, 0.05) is 33.8 Å². The standard InChI is InChI=1S/C20H17N3O4S/c1-12-10-18(14-4-7-16(27-3)8-5-14)22-20(21-12)28-19-9-6-15(23(25)26)11-17(19)13(2)24/h4-11H,1-3H3. The average Bonchev–Trinajstić information content (AvgIpc) is 2.67. The highest BCUT2D eigenvalue weighted by Crippen LogP contribution is 2.32. The summed E-state index contributed by atoms with van der Waals surface area (Å²) in [5.74, 6) is 0.496. The maximum absolute atomic E-state index is 12.0. The molecule has 0 spiro atoms. The van der Waals surface area contributed by atoms with Gasteiger partial charge in [0.25, 0.3) is 5.69 Å². The van der Waals surface area contributed by atoms with Crippen LogP contribution in [0.3, 0.4) is 0 Å². The van der Waals surface area contributed by atoms with Gasteiger partial charge in [-0.25, -0.2) is 9.97 Å². The fourth-order valence-corrected chi connectivity index (χ4v) is 3.57. The Morgan fingerprint density at radius 1 is 1.11 bits per heavy atom. The molecule has 0 atom stereocenters. The second kappa shape index (κ2) is 8.18. The largest absolute Gasteiger partial charge is 0.497 e. The molecule has 142 valence electrons. The lowest BCUT2D eigenvalue weighted by Gasteiger charge is -2.09. The fraction of sp³-hybridized carbons (Fsp3) is 0.150. The molecule has 0 fully saturated rings. The Kier molecular flexibility index (Phi) is 5.70. The van der Waals surface area contributed by atoms with Crippen molar-refractivity contribution < 1.29 is 14.5 Å². The number of nitrogens with zero attached hydrogens (tertiary/aromatic N) is 3. The number of hydrogen-bond acceptors (Lipinski definition) is 7. The van der Waals surface area contributed by atoms with Gasteiger partial charge in [-0.3, -0.25) is 14.9 Å². The van der Waals surface area contributed by atoms with Crippen LogP contribution in [0.2, 0.25) is 0 Å². The number of non-ortho nitro benzene ring substituents is 1. The number of carbonyl (C=O) groups excluding carboxylic acids is 1. The number of ether oxygens (including phenoxy) is 1. The highest BCUT2D eigenvalue weighted by Gasteiger charge is 2.16. The number of rotatable bonds is 6. The number of benzene rings is 2. The van der Waals surface area contributed by atoms with E-state index in [2.05, 4.69) is 9.97 Å². The number of carbonyl (C=O) groups is 1. The van der Waals surface area contributed by atoms with Crippen LogP contribution in [0.25, 0.3) is 11.3 Å². The molecule has 1 heterocycles. The van der Waals surface area contributed by atoms with Crippen LogP contribution in [0.5, 0.6) is 5.75 Å². The number of nitro groups is 1. The molecule has 3 rings (SSSR count). The first-order valence-corrected chi connectivity index (χ1v) is 9.16. The molecule has 1 aromatic heterocycles. The molecule has 0 amide bonds. The molecule has 0 radical (unpaired) electrons. The number of Topliss-reactive ketones (excluding diaryl/α,β-unsaturated/α-hetero) is 1. The maximum atomic E-state index is 12.0. The summed E-state index contributed by atoms with van der Waals surface area (Å²) >= 11 is 1.20. The molecule has 0 aliphatic heterocycles. The smallest absolute Gasteiger partial charge is 0.270 e. The minimum atomic E-state index is -0.522. The first-order chi connectivity index (χ1) is 13.4. The zero-order valence-corrected chi connectivity index (χ0v) is 16.3. The van der Waals surface area contributed by atoms with E-state index in [1.807, 2.05) is 37.3 Å². The van der Waals surface area contributed by atoms with Gasteiger partial charge in [-0.15, -0.1) is 0 Å². The van der Waals surface area contributed by atoms with E-state index in [9.17, 15) is 14.9 Å². The van der Waals surface area contributed by atoms with E-state index >= 15 is 0 Å². The fourth-order valence-electron chi connectivity index (χ4n) is 2.59. The Hall–Kier alpha value is -3.26. The Balaban J connectivity index is 1.98. The molecule has 3 aromatic rings. The molecule has 0 saturated carbocycles. The molecule has 28 heavy (non-hydrogen) atoms. The Morgan fingerprint density at radius 3 is 2.43 bits per heavy atom. The van der Waals surface area contributed by atoms with Crippen LogP contribution in [0, 0.1) is 17.0 Å². The van der Waals surface area contributed by atoms with Gasteiger partial charge in [-0.2, -0.15) is 0 Å². The third-order valence-electron chi connectivity index (χ3n) is 3.97. The normalized spacial score (nSPS) is 10.5. The summed E-state index contributed by atoms with van der Waals surface area (Å²) in [4.78, 5) is 32.0. The summed E-state index contributed by atoms with van der Waals surface area (Å²) in [5, 5.41) is 11.5. The van der Waals surface area contributed by atoms with Gasteiger partial charge in [0.1, 0.15) is 5.75 Å². The number of nitro benzene ring substituents is 1. The van der Waals surface area contributed by atoms with Crippen LogP contribution in [0.1, 0.15) is 23.0 Å². The molecular formula is C20H17N3O4S. The number of methoxy groups -OCH3 is 1. The van der Waals surface area contributed by atoms with Crippen LogP contribution in [-0.2, 0) is 0 Å². The zero-order valence-electron chi connectivity index (χ0n) is 15.5. The first-order valence-electron chi connectivity index (χ1n) is 8.34. The predicted molar refractivity (Wildman–Crippen MR) is 106 cm³/mol. The van der Waals surface area contributed by atoms with Gasteiger partial charge < -0.3 is 4.74 Å². The predicted octanol–water partition coefficient (Wildman–Crippen LogP) is 4.72. The molecule has 7 nitrogen and oxygen atoms in total. The van der Waals surface area contributed by atoms with Crippen molar-refractivity contribution in [2.45, 2.75) is 23.9 Å². The van der Waals surface area contributed by atoms with Crippen LogP contribution >= 0.6 is 11.8 Å². The third kappa shape index (κ3) is 4.34. The molecule has 0 aliphatic carbocycles. The van der Waals surface area contributed by atoms with Crippen molar-refractivity contribution in [3.8, 4) is 17.0 Å². The van der Waals surface area contributed by atoms with Crippen LogP contribution in [0.15, 0.2) is 58.6 Å². The van der Waals surface area contributed by atoms with Gasteiger partial charge in [-0.05, 0) is 62.0 Å². The summed E-state index contributed by atoms with van der Waals surface area (Å²) in [6.45, 7) is 3.24. The topological polar surface area (TPSA) is 95.2 Å². The van der Waals surface area contributed by atoms with Gasteiger partial charge in [0.15, 0.2) is 10.9 Å². The highest BCUT2D eigenvalue weighted by atomic mass is 32.2. The monoisotopic (exact) mass is 395 g/mol. The average molecular weight is 395 g/mol. The molecule has 2 aromatic carbocycles. The lowest BCUT2D eigenvalue weighted by molar-refractivity contribution is -0.384. The summed E-state index contributed by atoms with van der Waals surface area (Å²) < 4.78 is 5.18. The first kappa shape index (κ1) is 19.5. The van der Waals surface area contributed by atoms with Gasteiger partial charge in [-0.1, -0.05) is 0 Å². The molecule has 0 unspecified atom stereocenters. The van der Waals surface area contributed by atoms with Crippen molar-refractivity contribution in [1.82, 2.24) is 9.97 Å². The lowest BCUT2D eigenvalue weighted by Crippen LogP contribution is -1.99. The minimum absolute atomic E-state index is 0.126. The quantitative estimate of drug-likeness (QED) is 0.258. The van der Waals surface area contributed by atoms with Crippen LogP contribution in [0.4, 0.5) is 5.69 Å². The van der Waals surface area contributed by atoms with Crippen LogP contribution < -0.4 is 4.74 Å². The second-order valence-corrected chi connectivity index (χ2v) is 7.01. The van der Waals surface area contributed by atoms with Crippen molar-refractivity contribution in [2.24, 2.45) is 0 Å². The highest BCUT2D eigenvalue weighted by molar-refractivity contribution is 7.99. The zero-order chi connectivity index (χ0) is 20.3. The number of hydrogen-bond donors (Lipinski definition) is 0. The van der Waals surface area contributed by atoms with E-state index in [1.54, 1.807) is 13.2 Å². The lowest BCUT2D eigenvalue weighted by atomic mass is 10.1. The van der Waals surface area contributed by atoms with Crippen LogP contribution in [-0.4, -0.2) is 27.8 Å². The summed E-state index contributed by atoms with van der Waals surface area (Å²) in [6.07, 6.45) is 0. The second-order valence-electron chi connectivity index (χ2n) is 6.00. The molecule has 8 heteroatoms. The van der Waals surface area contributed by atoms with E-state index < -0.39 is 4.92 Å². The van der Waals surface area contributed by atoms with Gasteiger partial charge in [0.05, 0.1) is 17.7 Å². The molecule has 0 aliphatic rings. The van der Waals surface area contributed by atoms with E-state index in [0.717, 1.165) is 22.7 Å². The third-order valence-corrected chi connectivity index (χ3v) is 4.92. The Morgan fingerprint density at radius 2 is 1.82 bits per heavy atom. The van der Waals surface area contributed by atoms with Crippen molar-refractivity contribution >= 4 is 23.2 Å². The summed E-state index contributed by atoms with van der Waals surface area (Å²) in [6, 6.07) is 13.6. The number of aryl methyl sites for hydroxylation is 1. The molecule has 0 bridgehead atoms. The van der Waals surface area contributed by atoms with Gasteiger partial charge >= 0.3 is 0 Å². The Labute approximate surface area is 165 Å². The minimum Gasteiger partial charge on any atom is -0.497 e.